The fraction of sp³-hybridized carbons (Fsp3) is 0. The number of phenols is 1. The molecule has 0 bridgehead atoms. The van der Waals surface area contributed by atoms with Gasteiger partial charge in [-0.05, 0) is 18.2 Å². The Kier molecular flexibility index (Phi) is 1.85. The summed E-state index contributed by atoms with van der Waals surface area (Å²) in [6.45, 7) is 0. The van der Waals surface area contributed by atoms with Gasteiger partial charge in [0.25, 0.3) is 0 Å². The maximum atomic E-state index is 13.1. The molecule has 1 N–H and O–H groups in total. The molecule has 0 unspecified atom stereocenters. The minimum atomic E-state index is -0.357. The first-order chi connectivity index (χ1) is 6.20. The van der Waals surface area contributed by atoms with E-state index in [2.05, 4.69) is 0 Å². The van der Waals surface area contributed by atoms with Gasteiger partial charge in [-0.25, -0.2) is 4.39 Å². The number of phenolic OH excluding ortho intramolecular Hbond substituents is 1. The van der Waals surface area contributed by atoms with E-state index in [1.807, 2.05) is 0 Å². The summed E-state index contributed by atoms with van der Waals surface area (Å²) in [7, 11) is 0. The van der Waals surface area contributed by atoms with Crippen molar-refractivity contribution in [2.45, 2.75) is 0 Å². The third-order valence-corrected chi connectivity index (χ3v) is 2.24. The van der Waals surface area contributed by atoms with Gasteiger partial charge >= 0.3 is 0 Å². The van der Waals surface area contributed by atoms with Gasteiger partial charge in [-0.2, -0.15) is 0 Å². The Hall–Kier alpha value is -1.28. The Balaban J connectivity index is 2.94. The zero-order valence-electron chi connectivity index (χ0n) is 6.59. The average molecular weight is 197 g/mol. The van der Waals surface area contributed by atoms with Crippen molar-refractivity contribution in [2.75, 3.05) is 0 Å². The summed E-state index contributed by atoms with van der Waals surface area (Å²) in [5.74, 6) is -0.428. The van der Waals surface area contributed by atoms with Crippen molar-refractivity contribution >= 4 is 22.4 Å². The zero-order chi connectivity index (χ0) is 9.42. The standard InChI is InChI=1S/C10H6ClFO/c11-8-5-4-6-7(10(8)13)2-1-3-9(6)12/h1-5,13H. The molecule has 13 heavy (non-hydrogen) atoms. The molecular formula is C10H6ClFO. The lowest BCUT2D eigenvalue weighted by Crippen LogP contribution is -1.79. The van der Waals surface area contributed by atoms with Crippen LogP contribution in [0, 0.1) is 5.82 Å². The number of halogens is 2. The monoisotopic (exact) mass is 196 g/mol. The topological polar surface area (TPSA) is 20.2 Å². The quantitative estimate of drug-likeness (QED) is 0.685. The second-order valence-electron chi connectivity index (χ2n) is 2.73. The number of hydrogen-bond donors (Lipinski definition) is 1. The molecule has 2 rings (SSSR count). The van der Waals surface area contributed by atoms with Crippen molar-refractivity contribution in [3.63, 3.8) is 0 Å². The van der Waals surface area contributed by atoms with Crippen LogP contribution in [-0.4, -0.2) is 5.11 Å². The molecule has 0 heterocycles. The van der Waals surface area contributed by atoms with Gasteiger partial charge < -0.3 is 5.11 Å². The van der Waals surface area contributed by atoms with Crippen molar-refractivity contribution < 1.29 is 9.50 Å². The van der Waals surface area contributed by atoms with Gasteiger partial charge in [0.1, 0.15) is 11.6 Å². The fourth-order valence-corrected chi connectivity index (χ4v) is 1.44. The minimum absolute atomic E-state index is 0.0707. The summed E-state index contributed by atoms with van der Waals surface area (Å²) >= 11 is 5.67. The summed E-state index contributed by atoms with van der Waals surface area (Å²) in [6, 6.07) is 7.53. The third kappa shape index (κ3) is 1.23. The number of hydrogen-bond acceptors (Lipinski definition) is 1. The molecule has 0 radical (unpaired) electrons. The molecule has 0 aliphatic rings. The van der Waals surface area contributed by atoms with Crippen LogP contribution in [0.4, 0.5) is 4.39 Å². The van der Waals surface area contributed by atoms with E-state index in [1.165, 1.54) is 18.2 Å². The zero-order valence-corrected chi connectivity index (χ0v) is 7.35. The smallest absolute Gasteiger partial charge is 0.142 e. The summed E-state index contributed by atoms with van der Waals surface area (Å²) in [5.41, 5.74) is 0. The first-order valence-electron chi connectivity index (χ1n) is 3.76. The maximum absolute atomic E-state index is 13.1. The van der Waals surface area contributed by atoms with E-state index in [0.717, 1.165) is 0 Å². The van der Waals surface area contributed by atoms with E-state index in [0.29, 0.717) is 10.8 Å². The summed E-state index contributed by atoms with van der Waals surface area (Å²) in [4.78, 5) is 0. The normalized spacial score (nSPS) is 10.6. The molecule has 2 aromatic rings. The van der Waals surface area contributed by atoms with E-state index >= 15 is 0 Å². The van der Waals surface area contributed by atoms with E-state index in [4.69, 9.17) is 11.6 Å². The molecule has 0 atom stereocenters. The molecule has 0 saturated heterocycles. The molecule has 0 amide bonds. The van der Waals surface area contributed by atoms with E-state index in [-0.39, 0.29) is 16.6 Å². The summed E-state index contributed by atoms with van der Waals surface area (Å²) in [6.07, 6.45) is 0. The van der Waals surface area contributed by atoms with Crippen LogP contribution in [0.25, 0.3) is 10.8 Å². The van der Waals surface area contributed by atoms with Gasteiger partial charge in [0.2, 0.25) is 0 Å². The van der Waals surface area contributed by atoms with Crippen LogP contribution < -0.4 is 0 Å². The molecule has 1 nitrogen and oxygen atoms in total. The van der Waals surface area contributed by atoms with E-state index < -0.39 is 0 Å². The van der Waals surface area contributed by atoms with Gasteiger partial charge in [-0.3, -0.25) is 0 Å². The Morgan fingerprint density at radius 1 is 1.08 bits per heavy atom. The van der Waals surface area contributed by atoms with Crippen LogP contribution >= 0.6 is 11.6 Å². The maximum Gasteiger partial charge on any atom is 0.142 e. The number of benzene rings is 2. The SMILES string of the molecule is Oc1c(Cl)ccc2c(F)cccc12. The van der Waals surface area contributed by atoms with Crippen molar-refractivity contribution in [1.82, 2.24) is 0 Å². The van der Waals surface area contributed by atoms with Gasteiger partial charge in [0, 0.05) is 10.8 Å². The predicted molar refractivity (Wildman–Crippen MR) is 50.6 cm³/mol. The Morgan fingerprint density at radius 2 is 1.85 bits per heavy atom. The number of aromatic hydroxyl groups is 1. The van der Waals surface area contributed by atoms with Gasteiger partial charge in [0.15, 0.2) is 0 Å². The number of rotatable bonds is 0. The predicted octanol–water partition coefficient (Wildman–Crippen LogP) is 3.34. The molecular weight excluding hydrogens is 191 g/mol. The van der Waals surface area contributed by atoms with Crippen molar-refractivity contribution in [3.05, 3.63) is 41.2 Å². The highest BCUT2D eigenvalue weighted by molar-refractivity contribution is 6.33. The first-order valence-corrected chi connectivity index (χ1v) is 4.13. The average Bonchev–Trinajstić information content (AvgIpc) is 2.12. The lowest BCUT2D eigenvalue weighted by molar-refractivity contribution is 0.481. The van der Waals surface area contributed by atoms with Crippen molar-refractivity contribution in [2.24, 2.45) is 0 Å². The van der Waals surface area contributed by atoms with Crippen molar-refractivity contribution in [1.29, 1.82) is 0 Å². The minimum Gasteiger partial charge on any atom is -0.506 e. The Labute approximate surface area is 79.4 Å². The second-order valence-corrected chi connectivity index (χ2v) is 3.14. The highest BCUT2D eigenvalue weighted by Gasteiger charge is 2.06. The molecule has 0 aromatic heterocycles. The van der Waals surface area contributed by atoms with Crippen molar-refractivity contribution in [3.8, 4) is 5.75 Å². The summed E-state index contributed by atoms with van der Waals surface area (Å²) < 4.78 is 13.1. The van der Waals surface area contributed by atoms with E-state index in [1.54, 1.807) is 12.1 Å². The fourth-order valence-electron chi connectivity index (χ4n) is 1.28. The largest absolute Gasteiger partial charge is 0.506 e. The van der Waals surface area contributed by atoms with Gasteiger partial charge in [-0.1, -0.05) is 23.7 Å². The third-order valence-electron chi connectivity index (χ3n) is 1.93. The molecule has 2 aromatic carbocycles. The molecule has 0 aliphatic carbocycles. The van der Waals surface area contributed by atoms with Gasteiger partial charge in [-0.15, -0.1) is 0 Å². The molecule has 0 aliphatic heterocycles. The molecule has 66 valence electrons. The van der Waals surface area contributed by atoms with Crippen LogP contribution in [0.1, 0.15) is 0 Å². The first kappa shape index (κ1) is 8.32. The molecule has 0 saturated carbocycles. The van der Waals surface area contributed by atoms with Crippen LogP contribution in [0.3, 0.4) is 0 Å². The van der Waals surface area contributed by atoms with E-state index in [9.17, 15) is 9.50 Å². The van der Waals surface area contributed by atoms with Crippen LogP contribution in [0.5, 0.6) is 5.75 Å². The number of fused-ring (bicyclic) bond motifs is 1. The lowest BCUT2D eigenvalue weighted by atomic mass is 10.1. The highest BCUT2D eigenvalue weighted by Crippen LogP contribution is 2.32. The van der Waals surface area contributed by atoms with Crippen LogP contribution in [-0.2, 0) is 0 Å². The summed E-state index contributed by atoms with van der Waals surface area (Å²) in [5, 5.41) is 10.5. The lowest BCUT2D eigenvalue weighted by Gasteiger charge is -2.02. The molecule has 0 spiro atoms. The highest BCUT2D eigenvalue weighted by atomic mass is 35.5. The van der Waals surface area contributed by atoms with Crippen LogP contribution in [0.2, 0.25) is 5.02 Å². The second kappa shape index (κ2) is 2.89. The van der Waals surface area contributed by atoms with Crippen LogP contribution in [0.15, 0.2) is 30.3 Å². The Bertz CT molecular complexity index is 468. The molecule has 3 heteroatoms. The van der Waals surface area contributed by atoms with Gasteiger partial charge in [0.05, 0.1) is 5.02 Å². The Morgan fingerprint density at radius 3 is 2.62 bits per heavy atom. The molecule has 0 fully saturated rings.